The fourth-order valence-corrected chi connectivity index (χ4v) is 2.97. The Morgan fingerprint density at radius 3 is 2.75 bits per heavy atom. The van der Waals surface area contributed by atoms with Crippen molar-refractivity contribution in [1.82, 2.24) is 5.32 Å². The number of carbonyl (C=O) groups excluding carboxylic acids is 1. The van der Waals surface area contributed by atoms with Crippen molar-refractivity contribution in [3.8, 4) is 0 Å². The number of hydrogen-bond acceptors (Lipinski definition) is 3. The van der Waals surface area contributed by atoms with Crippen LogP contribution in [0.5, 0.6) is 0 Å². The van der Waals surface area contributed by atoms with Gasteiger partial charge >= 0.3 is 0 Å². The smallest absolute Gasteiger partial charge is 0.269 e. The van der Waals surface area contributed by atoms with E-state index < -0.39 is 28.7 Å². The number of rotatable bonds is 2. The maximum absolute atomic E-state index is 13.9. The summed E-state index contributed by atoms with van der Waals surface area (Å²) in [5, 5.41) is 13.3. The Labute approximate surface area is 113 Å². The number of fused-ring (bicyclic) bond motifs is 2. The minimum Gasteiger partial charge on any atom is -0.343 e. The van der Waals surface area contributed by atoms with Crippen LogP contribution in [-0.4, -0.2) is 23.2 Å². The van der Waals surface area contributed by atoms with Crippen molar-refractivity contribution < 1.29 is 18.5 Å². The molecule has 0 unspecified atom stereocenters. The summed E-state index contributed by atoms with van der Waals surface area (Å²) >= 11 is 0. The zero-order valence-electron chi connectivity index (χ0n) is 10.5. The maximum Gasteiger partial charge on any atom is 0.269 e. The Morgan fingerprint density at radius 1 is 1.40 bits per heavy atom. The Morgan fingerprint density at radius 2 is 2.15 bits per heavy atom. The van der Waals surface area contributed by atoms with Gasteiger partial charge in [-0.15, -0.1) is 0 Å². The summed E-state index contributed by atoms with van der Waals surface area (Å²) in [6, 6.07) is 4.44. The molecule has 1 heterocycles. The fourth-order valence-electron chi connectivity index (χ4n) is 2.97. The molecule has 1 fully saturated rings. The normalized spacial score (nSPS) is 31.4. The van der Waals surface area contributed by atoms with Crippen molar-refractivity contribution in [2.45, 2.75) is 30.5 Å². The van der Waals surface area contributed by atoms with E-state index in [1.807, 2.05) is 0 Å². The van der Waals surface area contributed by atoms with Crippen molar-refractivity contribution in [2.24, 2.45) is 0 Å². The Bertz CT molecular complexity index is 622. The third-order valence-electron chi connectivity index (χ3n) is 4.23. The molecule has 2 aliphatic rings. The highest BCUT2D eigenvalue weighted by Gasteiger charge is 2.54. The number of amides is 1. The second-order valence-electron chi connectivity index (χ2n) is 5.41. The van der Waals surface area contributed by atoms with E-state index in [-0.39, 0.29) is 18.5 Å². The van der Waals surface area contributed by atoms with Crippen LogP contribution < -0.4 is 5.32 Å². The average Bonchev–Trinajstić information content (AvgIpc) is 2.41. The topological polar surface area (TPSA) is 72.2 Å². The third-order valence-corrected chi connectivity index (χ3v) is 4.23. The van der Waals surface area contributed by atoms with Crippen molar-refractivity contribution in [3.63, 3.8) is 0 Å². The first kappa shape index (κ1) is 13.0. The standard InChI is InChI=1S/C13H12F2N2O3/c14-7-12(15)3-4-13(16-11(12)18)6-8-1-2-9(17(19)20)5-10(8)13/h1-2,5H,3-4,6-7H2,(H,16,18)/t12-,13+/m0/s1. The van der Waals surface area contributed by atoms with Gasteiger partial charge in [-0.25, -0.2) is 8.78 Å². The minimum absolute atomic E-state index is 0.0698. The highest BCUT2D eigenvalue weighted by atomic mass is 19.2. The number of piperidine rings is 1. The number of nitrogens with zero attached hydrogens (tertiary/aromatic N) is 1. The predicted molar refractivity (Wildman–Crippen MR) is 65.7 cm³/mol. The molecule has 1 aliphatic heterocycles. The van der Waals surface area contributed by atoms with Gasteiger partial charge in [0.2, 0.25) is 5.67 Å². The second kappa shape index (κ2) is 3.97. The molecule has 106 valence electrons. The molecule has 7 heteroatoms. The lowest BCUT2D eigenvalue weighted by molar-refractivity contribution is -0.385. The van der Waals surface area contributed by atoms with Crippen LogP contribution in [0.15, 0.2) is 18.2 Å². The fraction of sp³-hybridized carbons (Fsp3) is 0.462. The molecule has 1 N–H and O–H groups in total. The van der Waals surface area contributed by atoms with Crippen LogP contribution in [0.25, 0.3) is 0 Å². The van der Waals surface area contributed by atoms with Gasteiger partial charge in [-0.05, 0) is 24.0 Å². The first-order valence-electron chi connectivity index (χ1n) is 6.25. The highest BCUT2D eigenvalue weighted by molar-refractivity contribution is 5.87. The van der Waals surface area contributed by atoms with E-state index in [0.29, 0.717) is 12.0 Å². The molecule has 0 aromatic heterocycles. The van der Waals surface area contributed by atoms with E-state index in [4.69, 9.17) is 0 Å². The van der Waals surface area contributed by atoms with Crippen LogP contribution in [-0.2, 0) is 16.8 Å². The molecule has 1 amide bonds. The molecule has 20 heavy (non-hydrogen) atoms. The Kier molecular flexibility index (Phi) is 2.57. The Balaban J connectivity index is 1.93. The monoisotopic (exact) mass is 282 g/mol. The molecule has 0 saturated carbocycles. The number of nitro benzene ring substituents is 1. The third kappa shape index (κ3) is 1.62. The molecule has 0 bridgehead atoms. The molecular formula is C13H12F2N2O3. The highest BCUT2D eigenvalue weighted by Crippen LogP contribution is 2.47. The molecule has 3 rings (SSSR count). The van der Waals surface area contributed by atoms with Crippen LogP contribution in [0, 0.1) is 10.1 Å². The van der Waals surface area contributed by atoms with E-state index in [9.17, 15) is 23.7 Å². The average molecular weight is 282 g/mol. The molecule has 1 spiro atoms. The molecule has 1 saturated heterocycles. The molecule has 1 aliphatic carbocycles. The van der Waals surface area contributed by atoms with Gasteiger partial charge in [-0.3, -0.25) is 14.9 Å². The number of nitrogens with one attached hydrogen (secondary N) is 1. The summed E-state index contributed by atoms with van der Waals surface area (Å²) in [5.41, 5.74) is -1.78. The van der Waals surface area contributed by atoms with Crippen molar-refractivity contribution >= 4 is 11.6 Å². The second-order valence-corrected chi connectivity index (χ2v) is 5.41. The largest absolute Gasteiger partial charge is 0.343 e. The maximum atomic E-state index is 13.9. The van der Waals surface area contributed by atoms with Crippen molar-refractivity contribution in [3.05, 3.63) is 39.4 Å². The lowest BCUT2D eigenvalue weighted by Gasteiger charge is -2.49. The molecule has 5 nitrogen and oxygen atoms in total. The van der Waals surface area contributed by atoms with Crippen molar-refractivity contribution in [2.75, 3.05) is 6.67 Å². The summed E-state index contributed by atoms with van der Waals surface area (Å²) in [7, 11) is 0. The van der Waals surface area contributed by atoms with E-state index in [1.165, 1.54) is 12.1 Å². The van der Waals surface area contributed by atoms with Crippen LogP contribution >= 0.6 is 0 Å². The van der Waals surface area contributed by atoms with Crippen LogP contribution in [0.3, 0.4) is 0 Å². The molecule has 0 radical (unpaired) electrons. The lowest BCUT2D eigenvalue weighted by atomic mass is 9.65. The van der Waals surface area contributed by atoms with Gasteiger partial charge in [0.15, 0.2) is 0 Å². The number of alkyl halides is 2. The van der Waals surface area contributed by atoms with Gasteiger partial charge in [-0.2, -0.15) is 0 Å². The summed E-state index contributed by atoms with van der Waals surface area (Å²) in [5.74, 6) is -0.969. The zero-order valence-corrected chi connectivity index (χ0v) is 10.5. The van der Waals surface area contributed by atoms with Gasteiger partial charge in [0.05, 0.1) is 10.5 Å². The number of nitro groups is 1. The number of non-ortho nitro benzene ring substituents is 1. The van der Waals surface area contributed by atoms with Gasteiger partial charge in [0, 0.05) is 18.6 Å². The number of carbonyl (C=O) groups is 1. The number of benzene rings is 1. The van der Waals surface area contributed by atoms with Gasteiger partial charge < -0.3 is 5.32 Å². The first-order valence-corrected chi connectivity index (χ1v) is 6.25. The predicted octanol–water partition coefficient (Wildman–Crippen LogP) is 1.93. The van der Waals surface area contributed by atoms with E-state index in [0.717, 1.165) is 5.56 Å². The van der Waals surface area contributed by atoms with Gasteiger partial charge in [0.1, 0.15) is 6.67 Å². The number of halogens is 2. The van der Waals surface area contributed by atoms with Crippen LogP contribution in [0.2, 0.25) is 0 Å². The zero-order chi connectivity index (χ0) is 14.5. The molecule has 2 atom stereocenters. The summed E-state index contributed by atoms with van der Waals surface area (Å²) in [6.07, 6.45) is 0.527. The first-order chi connectivity index (χ1) is 9.40. The van der Waals surface area contributed by atoms with Crippen molar-refractivity contribution in [1.29, 1.82) is 0 Å². The number of hydrogen-bond donors (Lipinski definition) is 1. The summed E-state index contributed by atoms with van der Waals surface area (Å²) < 4.78 is 26.5. The van der Waals surface area contributed by atoms with E-state index in [2.05, 4.69) is 5.32 Å². The van der Waals surface area contributed by atoms with Gasteiger partial charge in [-0.1, -0.05) is 6.07 Å². The quantitative estimate of drug-likeness (QED) is 0.665. The lowest BCUT2D eigenvalue weighted by Crippen LogP contribution is -2.63. The molecular weight excluding hydrogens is 270 g/mol. The SMILES string of the molecule is O=C1N[C@]2(CC[C@]1(F)CF)Cc1ccc([N+](=O)[O-])cc12. The minimum atomic E-state index is -2.47. The summed E-state index contributed by atoms with van der Waals surface area (Å²) in [6.45, 7) is -1.35. The summed E-state index contributed by atoms with van der Waals surface area (Å²) in [4.78, 5) is 22.0. The van der Waals surface area contributed by atoms with Gasteiger partial charge in [0.25, 0.3) is 11.6 Å². The Hall–Kier alpha value is -2.05. The van der Waals surface area contributed by atoms with Crippen LogP contribution in [0.4, 0.5) is 14.5 Å². The van der Waals surface area contributed by atoms with E-state index in [1.54, 1.807) is 6.07 Å². The molecule has 1 aromatic rings. The van der Waals surface area contributed by atoms with Crippen LogP contribution in [0.1, 0.15) is 24.0 Å². The molecule has 1 aromatic carbocycles. The van der Waals surface area contributed by atoms with E-state index >= 15 is 0 Å².